The minimum atomic E-state index is -0.875. The number of hydrogen-bond acceptors (Lipinski definition) is 7. The fourth-order valence-electron chi connectivity index (χ4n) is 3.77. The van der Waals surface area contributed by atoms with E-state index in [-0.39, 0.29) is 18.4 Å². The predicted octanol–water partition coefficient (Wildman–Crippen LogP) is 1.02. The molecule has 3 rings (SSSR count). The van der Waals surface area contributed by atoms with Crippen LogP contribution in [-0.4, -0.2) is 55.1 Å². The van der Waals surface area contributed by atoms with Crippen LogP contribution in [0.15, 0.2) is 0 Å². The number of ether oxygens (including phenoxy) is 1. The standard InChI is InChI=1S/C17H26N6O4/c1-3-4-9-23-13(19-20-21-23)11-27-14(24)10-22-15(25)17(18-16(22)26)8-6-5-7-12(17)2/h12H,3-11H2,1-2H3,(H,18,26)/t12-,17-/m0/s1. The first-order chi connectivity index (χ1) is 13.0. The van der Waals surface area contributed by atoms with Crippen LogP contribution in [0.2, 0.25) is 0 Å². The van der Waals surface area contributed by atoms with Crippen molar-refractivity contribution in [1.82, 2.24) is 30.4 Å². The maximum atomic E-state index is 12.8. The first kappa shape index (κ1) is 19.2. The van der Waals surface area contributed by atoms with E-state index < -0.39 is 24.1 Å². The molecule has 0 radical (unpaired) electrons. The molecule has 1 aliphatic heterocycles. The highest BCUT2D eigenvalue weighted by Gasteiger charge is 2.55. The maximum absolute atomic E-state index is 12.8. The molecule has 148 valence electrons. The second kappa shape index (κ2) is 8.01. The van der Waals surface area contributed by atoms with Gasteiger partial charge in [0.15, 0.2) is 12.4 Å². The van der Waals surface area contributed by atoms with E-state index >= 15 is 0 Å². The zero-order valence-electron chi connectivity index (χ0n) is 15.8. The first-order valence-corrected chi connectivity index (χ1v) is 9.52. The van der Waals surface area contributed by atoms with Gasteiger partial charge >= 0.3 is 12.0 Å². The van der Waals surface area contributed by atoms with Gasteiger partial charge in [-0.2, -0.15) is 0 Å². The van der Waals surface area contributed by atoms with Gasteiger partial charge in [0.1, 0.15) is 12.1 Å². The zero-order chi connectivity index (χ0) is 19.4. The van der Waals surface area contributed by atoms with Gasteiger partial charge in [0, 0.05) is 6.54 Å². The largest absolute Gasteiger partial charge is 0.456 e. The van der Waals surface area contributed by atoms with Crippen molar-refractivity contribution in [1.29, 1.82) is 0 Å². The molecule has 10 heteroatoms. The summed E-state index contributed by atoms with van der Waals surface area (Å²) in [5, 5.41) is 14.1. The van der Waals surface area contributed by atoms with Crippen LogP contribution in [0.3, 0.4) is 0 Å². The maximum Gasteiger partial charge on any atom is 0.326 e. The molecule has 1 saturated heterocycles. The molecule has 1 spiro atoms. The van der Waals surface area contributed by atoms with Crippen molar-refractivity contribution in [3.63, 3.8) is 0 Å². The number of tetrazole rings is 1. The van der Waals surface area contributed by atoms with Gasteiger partial charge in [-0.1, -0.05) is 33.1 Å². The average Bonchev–Trinajstić information content (AvgIpc) is 3.19. The van der Waals surface area contributed by atoms with E-state index in [0.29, 0.717) is 18.8 Å². The fraction of sp³-hybridized carbons (Fsp3) is 0.765. The van der Waals surface area contributed by atoms with E-state index in [9.17, 15) is 14.4 Å². The van der Waals surface area contributed by atoms with E-state index in [4.69, 9.17) is 4.74 Å². The Bertz CT molecular complexity index is 720. The lowest BCUT2D eigenvalue weighted by atomic mass is 9.73. The predicted molar refractivity (Wildman–Crippen MR) is 93.1 cm³/mol. The van der Waals surface area contributed by atoms with Crippen LogP contribution < -0.4 is 5.32 Å². The molecule has 27 heavy (non-hydrogen) atoms. The van der Waals surface area contributed by atoms with Crippen molar-refractivity contribution in [2.24, 2.45) is 5.92 Å². The first-order valence-electron chi connectivity index (χ1n) is 9.52. The van der Waals surface area contributed by atoms with Crippen LogP contribution in [0.25, 0.3) is 0 Å². The van der Waals surface area contributed by atoms with Gasteiger partial charge < -0.3 is 10.1 Å². The molecule has 3 amide bonds. The van der Waals surface area contributed by atoms with Crippen LogP contribution in [0, 0.1) is 5.92 Å². The topological polar surface area (TPSA) is 119 Å². The van der Waals surface area contributed by atoms with Gasteiger partial charge in [-0.25, -0.2) is 9.48 Å². The average molecular weight is 378 g/mol. The molecular weight excluding hydrogens is 352 g/mol. The van der Waals surface area contributed by atoms with E-state index in [1.807, 2.05) is 6.92 Å². The molecule has 0 aromatic carbocycles. The second-order valence-corrected chi connectivity index (χ2v) is 7.27. The Kier molecular flexibility index (Phi) is 5.71. The van der Waals surface area contributed by atoms with E-state index in [1.54, 1.807) is 4.68 Å². The van der Waals surface area contributed by atoms with Crippen molar-refractivity contribution in [2.45, 2.75) is 71.1 Å². The third kappa shape index (κ3) is 3.79. The zero-order valence-corrected chi connectivity index (χ0v) is 15.8. The molecule has 2 aliphatic rings. The number of urea groups is 1. The number of nitrogens with zero attached hydrogens (tertiary/aromatic N) is 5. The van der Waals surface area contributed by atoms with Gasteiger partial charge in [0.25, 0.3) is 5.91 Å². The van der Waals surface area contributed by atoms with Gasteiger partial charge in [0.2, 0.25) is 0 Å². The number of carbonyl (C=O) groups excluding carboxylic acids is 3. The minimum Gasteiger partial charge on any atom is -0.456 e. The highest BCUT2D eigenvalue weighted by Crippen LogP contribution is 2.38. The summed E-state index contributed by atoms with van der Waals surface area (Å²) in [6, 6.07) is -0.529. The Morgan fingerprint density at radius 3 is 2.93 bits per heavy atom. The number of imide groups is 1. The van der Waals surface area contributed by atoms with Gasteiger partial charge in [-0.05, 0) is 35.6 Å². The molecule has 1 aromatic heterocycles. The lowest BCUT2D eigenvalue weighted by Gasteiger charge is -2.36. The minimum absolute atomic E-state index is 0.0481. The number of carbonyl (C=O) groups is 3. The number of amides is 3. The summed E-state index contributed by atoms with van der Waals surface area (Å²) < 4.78 is 6.78. The van der Waals surface area contributed by atoms with Crippen LogP contribution in [0.4, 0.5) is 4.79 Å². The fourth-order valence-corrected chi connectivity index (χ4v) is 3.77. The molecule has 2 fully saturated rings. The number of nitrogens with one attached hydrogen (secondary N) is 1. The Morgan fingerprint density at radius 1 is 1.37 bits per heavy atom. The van der Waals surface area contributed by atoms with E-state index in [0.717, 1.165) is 37.0 Å². The molecule has 1 saturated carbocycles. The summed E-state index contributed by atoms with van der Waals surface area (Å²) in [6.45, 7) is 4.16. The lowest BCUT2D eigenvalue weighted by molar-refractivity contribution is -0.149. The Hall–Kier alpha value is -2.52. The highest BCUT2D eigenvalue weighted by atomic mass is 16.5. The third-order valence-electron chi connectivity index (χ3n) is 5.48. The van der Waals surface area contributed by atoms with Crippen molar-refractivity contribution in [3.8, 4) is 0 Å². The quantitative estimate of drug-likeness (QED) is 0.555. The lowest BCUT2D eigenvalue weighted by Crippen LogP contribution is -2.54. The van der Waals surface area contributed by atoms with Gasteiger partial charge in [-0.15, -0.1) is 5.10 Å². The number of hydrogen-bond donors (Lipinski definition) is 1. The van der Waals surface area contributed by atoms with Crippen LogP contribution >= 0.6 is 0 Å². The molecule has 0 unspecified atom stereocenters. The van der Waals surface area contributed by atoms with Crippen molar-refractivity contribution < 1.29 is 19.1 Å². The second-order valence-electron chi connectivity index (χ2n) is 7.27. The van der Waals surface area contributed by atoms with Crippen LogP contribution in [0.5, 0.6) is 0 Å². The molecule has 1 N–H and O–H groups in total. The smallest absolute Gasteiger partial charge is 0.326 e. The molecule has 1 aliphatic carbocycles. The monoisotopic (exact) mass is 378 g/mol. The normalized spacial score (nSPS) is 25.1. The van der Waals surface area contributed by atoms with Gasteiger partial charge in [-0.3, -0.25) is 14.5 Å². The van der Waals surface area contributed by atoms with Crippen molar-refractivity contribution in [2.75, 3.05) is 6.54 Å². The number of esters is 1. The molecule has 2 heterocycles. The molecule has 10 nitrogen and oxygen atoms in total. The summed E-state index contributed by atoms with van der Waals surface area (Å²) in [5.74, 6) is -0.508. The SMILES string of the molecule is CCCCn1nnnc1COC(=O)CN1C(=O)N[C@]2(CCCC[C@@H]2C)C1=O. The summed E-state index contributed by atoms with van der Waals surface area (Å²) in [7, 11) is 0. The summed E-state index contributed by atoms with van der Waals surface area (Å²) in [6.07, 6.45) is 5.32. The van der Waals surface area contributed by atoms with E-state index in [1.165, 1.54) is 0 Å². The van der Waals surface area contributed by atoms with E-state index in [2.05, 4.69) is 27.8 Å². The van der Waals surface area contributed by atoms with Crippen LogP contribution in [0.1, 0.15) is 58.2 Å². The highest BCUT2D eigenvalue weighted by molar-refractivity contribution is 6.08. The number of aromatic nitrogens is 4. The van der Waals surface area contributed by atoms with Crippen LogP contribution in [-0.2, 0) is 27.5 Å². The Labute approximate surface area is 157 Å². The molecule has 1 aromatic rings. The van der Waals surface area contributed by atoms with Gasteiger partial charge in [0.05, 0.1) is 0 Å². The summed E-state index contributed by atoms with van der Waals surface area (Å²) in [4.78, 5) is 38.3. The van der Waals surface area contributed by atoms with Crippen molar-refractivity contribution in [3.05, 3.63) is 5.82 Å². The van der Waals surface area contributed by atoms with Crippen molar-refractivity contribution >= 4 is 17.9 Å². The Morgan fingerprint density at radius 2 is 2.19 bits per heavy atom. The summed E-state index contributed by atoms with van der Waals surface area (Å²) >= 11 is 0. The number of rotatable bonds is 7. The summed E-state index contributed by atoms with van der Waals surface area (Å²) in [5.41, 5.74) is -0.875. The molecular formula is C17H26N6O4. The Balaban J connectivity index is 1.57. The number of aryl methyl sites for hydroxylation is 1. The number of unbranched alkanes of at least 4 members (excludes halogenated alkanes) is 1. The molecule has 2 atom stereocenters. The molecule has 0 bridgehead atoms. The third-order valence-corrected chi connectivity index (χ3v) is 5.48.